The number of carbonyl (C=O) groups is 3. The van der Waals surface area contributed by atoms with Crippen LogP contribution in [0.15, 0.2) is 18.2 Å². The molecule has 0 aromatic heterocycles. The summed E-state index contributed by atoms with van der Waals surface area (Å²) in [5.74, 6) is -0.0745. The Hall–Kier alpha value is -2.41. The molecule has 27 heavy (non-hydrogen) atoms. The van der Waals surface area contributed by atoms with Crippen molar-refractivity contribution in [2.75, 3.05) is 32.0 Å². The molecule has 0 spiro atoms. The van der Waals surface area contributed by atoms with Crippen molar-refractivity contribution in [1.29, 1.82) is 0 Å². The van der Waals surface area contributed by atoms with E-state index in [-0.39, 0.29) is 29.8 Å². The first-order valence-electron chi connectivity index (χ1n) is 9.53. The zero-order chi connectivity index (χ0) is 19.6. The number of hydrogen-bond acceptors (Lipinski definition) is 4. The summed E-state index contributed by atoms with van der Waals surface area (Å²) < 4.78 is 0. The third kappa shape index (κ3) is 4.47. The topological polar surface area (TPSA) is 81.8 Å². The van der Waals surface area contributed by atoms with Crippen LogP contribution in [0.3, 0.4) is 0 Å². The number of carbonyl (C=O) groups excluding carboxylic acids is 3. The van der Waals surface area contributed by atoms with E-state index in [9.17, 15) is 14.4 Å². The number of amides is 3. The van der Waals surface area contributed by atoms with E-state index in [1.165, 1.54) is 6.92 Å². The maximum Gasteiger partial charge on any atom is 0.251 e. The molecule has 1 unspecified atom stereocenters. The molecule has 3 amide bonds. The molecular formula is C20H28N4O3. The number of anilines is 1. The molecule has 0 radical (unpaired) electrons. The predicted octanol–water partition coefficient (Wildman–Crippen LogP) is 1.38. The first kappa shape index (κ1) is 19.4. The fourth-order valence-electron chi connectivity index (χ4n) is 3.85. The van der Waals surface area contributed by atoms with Gasteiger partial charge in [0, 0.05) is 50.9 Å². The maximum atomic E-state index is 12.6. The number of piperidine rings is 1. The average Bonchev–Trinajstić information content (AvgIpc) is 2.96. The molecule has 0 saturated carbocycles. The minimum Gasteiger partial charge on any atom is -0.349 e. The number of aryl methyl sites for hydroxylation is 1. The van der Waals surface area contributed by atoms with Crippen molar-refractivity contribution in [3.8, 4) is 0 Å². The molecule has 0 aliphatic carbocycles. The van der Waals surface area contributed by atoms with E-state index in [0.29, 0.717) is 11.3 Å². The minimum absolute atomic E-state index is 0.00367. The van der Waals surface area contributed by atoms with Crippen LogP contribution in [-0.2, 0) is 9.59 Å². The van der Waals surface area contributed by atoms with Crippen LogP contribution in [0.2, 0.25) is 0 Å². The summed E-state index contributed by atoms with van der Waals surface area (Å²) in [5, 5.41) is 5.85. The highest BCUT2D eigenvalue weighted by Crippen LogP contribution is 2.21. The van der Waals surface area contributed by atoms with Crippen molar-refractivity contribution in [3.05, 3.63) is 29.3 Å². The molecular weight excluding hydrogens is 344 g/mol. The van der Waals surface area contributed by atoms with Crippen molar-refractivity contribution in [3.63, 3.8) is 0 Å². The molecule has 1 aromatic rings. The number of rotatable bonds is 4. The highest BCUT2D eigenvalue weighted by atomic mass is 16.2. The second-order valence-electron chi connectivity index (χ2n) is 7.56. The van der Waals surface area contributed by atoms with E-state index in [4.69, 9.17) is 0 Å². The second kappa shape index (κ2) is 8.08. The summed E-state index contributed by atoms with van der Waals surface area (Å²) >= 11 is 0. The van der Waals surface area contributed by atoms with Crippen molar-refractivity contribution in [2.45, 2.75) is 45.2 Å². The van der Waals surface area contributed by atoms with Gasteiger partial charge in [0.05, 0.1) is 6.04 Å². The SMILES string of the molecule is CC(=O)Nc1cc(C(=O)NC2CCN(C3CCN(C)C3=O)CC2)ccc1C. The van der Waals surface area contributed by atoms with Crippen LogP contribution >= 0.6 is 0 Å². The molecule has 146 valence electrons. The van der Waals surface area contributed by atoms with E-state index in [1.807, 2.05) is 20.0 Å². The summed E-state index contributed by atoms with van der Waals surface area (Å²) in [6.07, 6.45) is 2.56. The number of nitrogens with zero attached hydrogens (tertiary/aromatic N) is 2. The van der Waals surface area contributed by atoms with Crippen LogP contribution in [0.1, 0.15) is 42.1 Å². The zero-order valence-corrected chi connectivity index (χ0v) is 16.2. The van der Waals surface area contributed by atoms with Gasteiger partial charge >= 0.3 is 0 Å². The molecule has 2 aliphatic rings. The Morgan fingerprint density at radius 3 is 2.41 bits per heavy atom. The molecule has 7 heteroatoms. The molecule has 1 atom stereocenters. The fraction of sp³-hybridized carbons (Fsp3) is 0.550. The molecule has 1 aromatic carbocycles. The zero-order valence-electron chi connectivity index (χ0n) is 16.2. The van der Waals surface area contributed by atoms with Crippen LogP contribution in [-0.4, -0.2) is 66.3 Å². The van der Waals surface area contributed by atoms with Crippen LogP contribution < -0.4 is 10.6 Å². The van der Waals surface area contributed by atoms with Gasteiger partial charge in [-0.25, -0.2) is 0 Å². The van der Waals surface area contributed by atoms with E-state index in [2.05, 4.69) is 15.5 Å². The van der Waals surface area contributed by atoms with Crippen LogP contribution in [0.4, 0.5) is 5.69 Å². The molecule has 3 rings (SSSR count). The summed E-state index contributed by atoms with van der Waals surface area (Å²) in [5.41, 5.74) is 2.12. The van der Waals surface area contributed by atoms with E-state index in [1.54, 1.807) is 17.0 Å². The summed E-state index contributed by atoms with van der Waals surface area (Å²) in [6.45, 7) is 5.81. The van der Waals surface area contributed by atoms with Crippen LogP contribution in [0.25, 0.3) is 0 Å². The largest absolute Gasteiger partial charge is 0.349 e. The predicted molar refractivity (Wildman–Crippen MR) is 104 cm³/mol. The van der Waals surface area contributed by atoms with Gasteiger partial charge in [0.15, 0.2) is 0 Å². The Kier molecular flexibility index (Phi) is 5.79. The van der Waals surface area contributed by atoms with Gasteiger partial charge in [0.1, 0.15) is 0 Å². The van der Waals surface area contributed by atoms with Gasteiger partial charge in [-0.05, 0) is 43.9 Å². The highest BCUT2D eigenvalue weighted by Gasteiger charge is 2.35. The molecule has 2 saturated heterocycles. The second-order valence-corrected chi connectivity index (χ2v) is 7.56. The number of nitrogens with one attached hydrogen (secondary N) is 2. The Morgan fingerprint density at radius 1 is 1.11 bits per heavy atom. The van der Waals surface area contributed by atoms with Gasteiger partial charge in [-0.3, -0.25) is 19.3 Å². The molecule has 7 nitrogen and oxygen atoms in total. The minimum atomic E-state index is -0.157. The van der Waals surface area contributed by atoms with Gasteiger partial charge in [0.2, 0.25) is 11.8 Å². The quantitative estimate of drug-likeness (QED) is 0.837. The number of likely N-dealkylation sites (tertiary alicyclic amines) is 2. The Morgan fingerprint density at radius 2 is 1.81 bits per heavy atom. The lowest BCUT2D eigenvalue weighted by molar-refractivity contribution is -0.131. The third-order valence-electron chi connectivity index (χ3n) is 5.52. The van der Waals surface area contributed by atoms with E-state index in [0.717, 1.165) is 44.5 Å². The lowest BCUT2D eigenvalue weighted by Gasteiger charge is -2.35. The Bertz CT molecular complexity index is 741. The van der Waals surface area contributed by atoms with Crippen LogP contribution in [0, 0.1) is 6.92 Å². The molecule has 2 fully saturated rings. The lowest BCUT2D eigenvalue weighted by atomic mass is 10.0. The van der Waals surface area contributed by atoms with E-state index < -0.39 is 0 Å². The first-order chi connectivity index (χ1) is 12.8. The van der Waals surface area contributed by atoms with Crippen molar-refractivity contribution in [1.82, 2.24) is 15.1 Å². The fourth-order valence-corrected chi connectivity index (χ4v) is 3.85. The normalized spacial score (nSPS) is 21.4. The summed E-state index contributed by atoms with van der Waals surface area (Å²) in [7, 11) is 1.85. The summed E-state index contributed by atoms with van der Waals surface area (Å²) in [6, 6.07) is 5.44. The third-order valence-corrected chi connectivity index (χ3v) is 5.52. The smallest absolute Gasteiger partial charge is 0.251 e. The monoisotopic (exact) mass is 372 g/mol. The van der Waals surface area contributed by atoms with E-state index >= 15 is 0 Å². The first-order valence-corrected chi connectivity index (χ1v) is 9.53. The average molecular weight is 372 g/mol. The van der Waals surface area contributed by atoms with Crippen LogP contribution in [0.5, 0.6) is 0 Å². The highest BCUT2D eigenvalue weighted by molar-refractivity contribution is 5.97. The Balaban J connectivity index is 1.55. The molecule has 2 N–H and O–H groups in total. The Labute approximate surface area is 160 Å². The van der Waals surface area contributed by atoms with Gasteiger partial charge in [-0.2, -0.15) is 0 Å². The maximum absolute atomic E-state index is 12.6. The molecule has 2 heterocycles. The number of hydrogen-bond donors (Lipinski definition) is 2. The number of benzene rings is 1. The van der Waals surface area contributed by atoms with Gasteiger partial charge < -0.3 is 15.5 Å². The number of likely N-dealkylation sites (N-methyl/N-ethyl adjacent to an activating group) is 1. The molecule has 2 aliphatic heterocycles. The lowest BCUT2D eigenvalue weighted by Crippen LogP contribution is -2.50. The van der Waals surface area contributed by atoms with Crippen molar-refractivity contribution < 1.29 is 14.4 Å². The standard InChI is InChI=1S/C20H28N4O3/c1-13-4-5-15(12-17(13)21-14(2)25)19(26)22-16-6-10-24(11-7-16)18-8-9-23(3)20(18)27/h4-5,12,16,18H,6-11H2,1-3H3,(H,21,25)(H,22,26). The van der Waals surface area contributed by atoms with Gasteiger partial charge in [-0.1, -0.05) is 6.07 Å². The van der Waals surface area contributed by atoms with Crippen molar-refractivity contribution in [2.24, 2.45) is 0 Å². The van der Waals surface area contributed by atoms with Gasteiger partial charge in [-0.15, -0.1) is 0 Å². The van der Waals surface area contributed by atoms with Crippen molar-refractivity contribution >= 4 is 23.4 Å². The summed E-state index contributed by atoms with van der Waals surface area (Å²) in [4.78, 5) is 40.1. The van der Waals surface area contributed by atoms with Gasteiger partial charge in [0.25, 0.3) is 5.91 Å². The molecule has 0 bridgehead atoms.